The Balaban J connectivity index is 1.77. The fourth-order valence-electron chi connectivity index (χ4n) is 2.85. The Morgan fingerprint density at radius 3 is 2.95 bits per heavy atom. The van der Waals surface area contributed by atoms with Gasteiger partial charge >= 0.3 is 0 Å². The molecule has 1 aromatic heterocycles. The SMILES string of the molecule is OC1CCCN(CCc2cccnc2)c2ccccc21. The first-order valence-corrected chi connectivity index (χ1v) is 7.25. The van der Waals surface area contributed by atoms with Gasteiger partial charge in [0.1, 0.15) is 0 Å². The molecule has 3 heteroatoms. The van der Waals surface area contributed by atoms with Crippen molar-refractivity contribution in [1.82, 2.24) is 4.98 Å². The van der Waals surface area contributed by atoms with Gasteiger partial charge in [-0.2, -0.15) is 0 Å². The minimum Gasteiger partial charge on any atom is -0.388 e. The Hall–Kier alpha value is -1.87. The molecule has 1 aliphatic heterocycles. The van der Waals surface area contributed by atoms with E-state index < -0.39 is 0 Å². The molecule has 0 spiro atoms. The lowest BCUT2D eigenvalue weighted by atomic mass is 10.0. The predicted molar refractivity (Wildman–Crippen MR) is 80.8 cm³/mol. The van der Waals surface area contributed by atoms with Crippen LogP contribution in [0.4, 0.5) is 5.69 Å². The van der Waals surface area contributed by atoms with E-state index in [1.807, 2.05) is 30.5 Å². The number of aliphatic hydroxyl groups excluding tert-OH is 1. The fourth-order valence-corrected chi connectivity index (χ4v) is 2.85. The van der Waals surface area contributed by atoms with Crippen LogP contribution < -0.4 is 4.90 Å². The molecule has 1 aromatic carbocycles. The van der Waals surface area contributed by atoms with Crippen LogP contribution in [0.3, 0.4) is 0 Å². The summed E-state index contributed by atoms with van der Waals surface area (Å²) in [6.07, 6.45) is 6.27. The average Bonchev–Trinajstić information content (AvgIpc) is 2.66. The van der Waals surface area contributed by atoms with Crippen molar-refractivity contribution in [1.29, 1.82) is 0 Å². The molecule has 1 aliphatic rings. The summed E-state index contributed by atoms with van der Waals surface area (Å²) in [5.41, 5.74) is 3.51. The highest BCUT2D eigenvalue weighted by Gasteiger charge is 2.20. The number of pyridine rings is 1. The normalized spacial score (nSPS) is 18.4. The molecule has 3 rings (SSSR count). The van der Waals surface area contributed by atoms with Crippen molar-refractivity contribution in [3.05, 3.63) is 59.9 Å². The van der Waals surface area contributed by atoms with Crippen LogP contribution in [0.2, 0.25) is 0 Å². The molecule has 3 nitrogen and oxygen atoms in total. The van der Waals surface area contributed by atoms with Crippen LogP contribution in [0.5, 0.6) is 0 Å². The maximum atomic E-state index is 10.2. The summed E-state index contributed by atoms with van der Waals surface area (Å²) in [4.78, 5) is 6.55. The molecule has 20 heavy (non-hydrogen) atoms. The summed E-state index contributed by atoms with van der Waals surface area (Å²) >= 11 is 0. The number of hydrogen-bond acceptors (Lipinski definition) is 3. The quantitative estimate of drug-likeness (QED) is 0.929. The highest BCUT2D eigenvalue weighted by atomic mass is 16.3. The Bertz CT molecular complexity index is 556. The number of para-hydroxylation sites is 1. The van der Waals surface area contributed by atoms with Crippen molar-refractivity contribution in [2.75, 3.05) is 18.0 Å². The van der Waals surface area contributed by atoms with E-state index in [1.54, 1.807) is 6.20 Å². The lowest BCUT2D eigenvalue weighted by molar-refractivity contribution is 0.168. The number of hydrogen-bond donors (Lipinski definition) is 1. The first kappa shape index (κ1) is 13.1. The van der Waals surface area contributed by atoms with Gasteiger partial charge in [-0.3, -0.25) is 4.98 Å². The number of benzene rings is 1. The number of rotatable bonds is 3. The van der Waals surface area contributed by atoms with Gasteiger partial charge in [-0.25, -0.2) is 0 Å². The zero-order chi connectivity index (χ0) is 13.8. The van der Waals surface area contributed by atoms with E-state index in [0.717, 1.165) is 37.9 Å². The second-order valence-corrected chi connectivity index (χ2v) is 5.32. The van der Waals surface area contributed by atoms with Crippen LogP contribution in [0.25, 0.3) is 0 Å². The van der Waals surface area contributed by atoms with Gasteiger partial charge in [0.15, 0.2) is 0 Å². The van der Waals surface area contributed by atoms with Crippen molar-refractivity contribution in [3.8, 4) is 0 Å². The molecule has 0 bridgehead atoms. The zero-order valence-corrected chi connectivity index (χ0v) is 11.6. The average molecular weight is 268 g/mol. The molecular weight excluding hydrogens is 248 g/mol. The third-order valence-electron chi connectivity index (χ3n) is 3.94. The number of anilines is 1. The standard InChI is InChI=1S/C17H20N2O/c20-17-8-4-11-19(16-7-2-1-6-15(16)17)12-9-14-5-3-10-18-13-14/h1-3,5-7,10,13,17,20H,4,8-9,11-12H2. The molecule has 0 radical (unpaired) electrons. The Kier molecular flexibility index (Phi) is 3.97. The minimum absolute atomic E-state index is 0.324. The lowest BCUT2D eigenvalue weighted by Crippen LogP contribution is -2.26. The maximum Gasteiger partial charge on any atom is 0.0810 e. The molecule has 2 heterocycles. The first-order valence-electron chi connectivity index (χ1n) is 7.25. The van der Waals surface area contributed by atoms with Gasteiger partial charge in [0.25, 0.3) is 0 Å². The topological polar surface area (TPSA) is 36.4 Å². The molecule has 1 unspecified atom stereocenters. The molecule has 0 amide bonds. The summed E-state index contributed by atoms with van der Waals surface area (Å²) in [7, 11) is 0. The van der Waals surface area contributed by atoms with Crippen molar-refractivity contribution in [3.63, 3.8) is 0 Å². The van der Waals surface area contributed by atoms with Crippen LogP contribution in [0, 0.1) is 0 Å². The maximum absolute atomic E-state index is 10.2. The van der Waals surface area contributed by atoms with Crippen LogP contribution >= 0.6 is 0 Å². The van der Waals surface area contributed by atoms with Gasteiger partial charge in [0.05, 0.1) is 6.10 Å². The minimum atomic E-state index is -0.324. The molecule has 104 valence electrons. The number of aliphatic hydroxyl groups is 1. The van der Waals surface area contributed by atoms with E-state index in [0.29, 0.717) is 0 Å². The molecule has 0 saturated carbocycles. The van der Waals surface area contributed by atoms with E-state index >= 15 is 0 Å². The van der Waals surface area contributed by atoms with Crippen molar-refractivity contribution < 1.29 is 5.11 Å². The zero-order valence-electron chi connectivity index (χ0n) is 11.6. The van der Waals surface area contributed by atoms with E-state index in [4.69, 9.17) is 0 Å². The Labute approximate surface area is 119 Å². The van der Waals surface area contributed by atoms with Crippen molar-refractivity contribution >= 4 is 5.69 Å². The number of aromatic nitrogens is 1. The van der Waals surface area contributed by atoms with Gasteiger partial charge in [-0.15, -0.1) is 0 Å². The largest absolute Gasteiger partial charge is 0.388 e. The van der Waals surface area contributed by atoms with Gasteiger partial charge in [-0.05, 0) is 37.0 Å². The van der Waals surface area contributed by atoms with E-state index in [1.165, 1.54) is 11.3 Å². The highest BCUT2D eigenvalue weighted by molar-refractivity contribution is 5.55. The second-order valence-electron chi connectivity index (χ2n) is 5.32. The van der Waals surface area contributed by atoms with Crippen molar-refractivity contribution in [2.45, 2.75) is 25.4 Å². The molecule has 0 fully saturated rings. The summed E-state index contributed by atoms with van der Waals surface area (Å²) in [6.45, 7) is 1.98. The molecule has 1 atom stereocenters. The summed E-state index contributed by atoms with van der Waals surface area (Å²) in [5, 5.41) is 10.2. The van der Waals surface area contributed by atoms with Crippen LogP contribution in [-0.4, -0.2) is 23.2 Å². The third-order valence-corrected chi connectivity index (χ3v) is 3.94. The summed E-state index contributed by atoms with van der Waals surface area (Å²) in [5.74, 6) is 0. The molecule has 0 saturated heterocycles. The highest BCUT2D eigenvalue weighted by Crippen LogP contribution is 2.32. The Morgan fingerprint density at radius 1 is 1.20 bits per heavy atom. The molecule has 2 aromatic rings. The van der Waals surface area contributed by atoms with Crippen LogP contribution in [0.1, 0.15) is 30.1 Å². The van der Waals surface area contributed by atoms with Gasteiger partial charge in [-0.1, -0.05) is 24.3 Å². The van der Waals surface area contributed by atoms with Crippen LogP contribution in [-0.2, 0) is 6.42 Å². The lowest BCUT2D eigenvalue weighted by Gasteiger charge is -2.25. The molecule has 0 aliphatic carbocycles. The predicted octanol–water partition coefficient (Wildman–Crippen LogP) is 2.96. The van der Waals surface area contributed by atoms with E-state index in [-0.39, 0.29) is 6.10 Å². The Morgan fingerprint density at radius 2 is 2.10 bits per heavy atom. The van der Waals surface area contributed by atoms with Gasteiger partial charge in [0.2, 0.25) is 0 Å². The molecular formula is C17H20N2O. The number of fused-ring (bicyclic) bond motifs is 1. The molecule has 1 N–H and O–H groups in total. The summed E-state index contributed by atoms with van der Waals surface area (Å²) in [6, 6.07) is 12.3. The van der Waals surface area contributed by atoms with E-state index in [2.05, 4.69) is 22.0 Å². The monoisotopic (exact) mass is 268 g/mol. The van der Waals surface area contributed by atoms with Crippen molar-refractivity contribution in [2.24, 2.45) is 0 Å². The third kappa shape index (κ3) is 2.83. The van der Waals surface area contributed by atoms with Gasteiger partial charge < -0.3 is 10.0 Å². The van der Waals surface area contributed by atoms with Gasteiger partial charge in [0, 0.05) is 36.7 Å². The summed E-state index contributed by atoms with van der Waals surface area (Å²) < 4.78 is 0. The second kappa shape index (κ2) is 6.06. The van der Waals surface area contributed by atoms with Crippen LogP contribution in [0.15, 0.2) is 48.8 Å². The fraction of sp³-hybridized carbons (Fsp3) is 0.353. The van der Waals surface area contributed by atoms with E-state index in [9.17, 15) is 5.11 Å². The number of nitrogens with zero attached hydrogens (tertiary/aromatic N) is 2. The smallest absolute Gasteiger partial charge is 0.0810 e. The first-order chi connectivity index (χ1) is 9.84.